The van der Waals surface area contributed by atoms with Crippen LogP contribution >= 0.6 is 0 Å². The van der Waals surface area contributed by atoms with Gasteiger partial charge in [-0.3, -0.25) is 14.4 Å². The Bertz CT molecular complexity index is 1250. The van der Waals surface area contributed by atoms with E-state index in [9.17, 15) is 14.4 Å². The van der Waals surface area contributed by atoms with E-state index in [1.54, 1.807) is 24.8 Å². The number of hydrogen-bond donors (Lipinski definition) is 2. The molecule has 10 nitrogen and oxygen atoms in total. The van der Waals surface area contributed by atoms with Crippen molar-refractivity contribution in [1.29, 1.82) is 0 Å². The van der Waals surface area contributed by atoms with Crippen LogP contribution in [0.5, 0.6) is 0 Å². The number of nitrogens with one attached hydrogen (secondary N) is 2. The highest BCUT2D eigenvalue weighted by atomic mass is 16.5. The molecule has 3 amide bonds. The lowest BCUT2D eigenvalue weighted by molar-refractivity contribution is -0.145. The molecule has 6 rings (SSSR count). The van der Waals surface area contributed by atoms with Crippen LogP contribution in [0, 0.1) is 18.8 Å². The third-order valence-electron chi connectivity index (χ3n) is 7.94. The van der Waals surface area contributed by atoms with Gasteiger partial charge >= 0.3 is 0 Å². The summed E-state index contributed by atoms with van der Waals surface area (Å²) in [5.41, 5.74) is -1.36. The summed E-state index contributed by atoms with van der Waals surface area (Å²) in [6, 6.07) is 10.3. The maximum absolute atomic E-state index is 14.0. The number of hydrogen-bond acceptors (Lipinski definition) is 7. The van der Waals surface area contributed by atoms with Crippen molar-refractivity contribution in [3.8, 4) is 0 Å². The molecule has 3 fully saturated rings. The van der Waals surface area contributed by atoms with Crippen LogP contribution in [0.3, 0.4) is 0 Å². The van der Waals surface area contributed by atoms with E-state index >= 15 is 0 Å². The Kier molecular flexibility index (Phi) is 5.68. The van der Waals surface area contributed by atoms with Gasteiger partial charge in [-0.25, -0.2) is 0 Å². The molecule has 2 aromatic rings. The monoisotopic (exact) mass is 506 g/mol. The fourth-order valence-electron chi connectivity index (χ4n) is 6.34. The van der Waals surface area contributed by atoms with Crippen molar-refractivity contribution >= 4 is 23.5 Å². The largest absolute Gasteiger partial charge is 0.376 e. The van der Waals surface area contributed by atoms with Gasteiger partial charge in [0.2, 0.25) is 17.7 Å². The maximum atomic E-state index is 14.0. The normalized spacial score (nSPS) is 33.7. The van der Waals surface area contributed by atoms with Gasteiger partial charge < -0.3 is 29.5 Å². The second-order valence-electron chi connectivity index (χ2n) is 10.5. The predicted molar refractivity (Wildman–Crippen MR) is 131 cm³/mol. The van der Waals surface area contributed by atoms with Crippen molar-refractivity contribution in [1.82, 2.24) is 15.4 Å². The molecule has 2 bridgehead atoms. The number of aromatic nitrogens is 1. The molecule has 2 N–H and O–H groups in total. The summed E-state index contributed by atoms with van der Waals surface area (Å²) >= 11 is 0. The minimum atomic E-state index is -1.26. The summed E-state index contributed by atoms with van der Waals surface area (Å²) in [5, 5.41) is 9.62. The molecule has 4 aliphatic heterocycles. The van der Waals surface area contributed by atoms with Crippen LogP contribution in [0.2, 0.25) is 0 Å². The number of likely N-dealkylation sites (tertiary alicyclic amines) is 1. The number of rotatable bonds is 7. The predicted octanol–water partition coefficient (Wildman–Crippen LogP) is 1.96. The number of nitrogens with zero attached hydrogens (tertiary/aromatic N) is 2. The SMILES string of the molecule is Cc1cc(NC(=O)[C@@H]2[C@@H]3C(=O)N(C[C@H]4CCCO4)[C@@H](C(=O)NCc4ccccc4)[C@@]34C=C[C@@]2(C)O4)no1. The van der Waals surface area contributed by atoms with E-state index in [-0.39, 0.29) is 30.3 Å². The summed E-state index contributed by atoms with van der Waals surface area (Å²) in [4.78, 5) is 42.9. The minimum absolute atomic E-state index is 0.161. The molecule has 4 aliphatic rings. The fraction of sp³-hybridized carbons (Fsp3) is 0.481. The average molecular weight is 507 g/mol. The van der Waals surface area contributed by atoms with E-state index in [2.05, 4.69) is 15.8 Å². The molecule has 194 valence electrons. The Labute approximate surface area is 214 Å². The Hall–Kier alpha value is -3.50. The van der Waals surface area contributed by atoms with E-state index < -0.39 is 35.0 Å². The van der Waals surface area contributed by atoms with Gasteiger partial charge in [-0.05, 0) is 32.3 Å². The lowest BCUT2D eigenvalue weighted by Gasteiger charge is -2.34. The molecule has 1 aromatic carbocycles. The zero-order valence-corrected chi connectivity index (χ0v) is 20.8. The number of carbonyl (C=O) groups excluding carboxylic acids is 3. The Morgan fingerprint density at radius 2 is 2.00 bits per heavy atom. The third-order valence-corrected chi connectivity index (χ3v) is 7.94. The van der Waals surface area contributed by atoms with Crippen molar-refractivity contribution in [2.24, 2.45) is 11.8 Å². The lowest BCUT2D eigenvalue weighted by atomic mass is 9.70. The highest BCUT2D eigenvalue weighted by Gasteiger charge is 2.76. The molecule has 3 saturated heterocycles. The molecule has 0 saturated carbocycles. The van der Waals surface area contributed by atoms with Crippen LogP contribution in [0.4, 0.5) is 5.82 Å². The van der Waals surface area contributed by atoms with Gasteiger partial charge in [-0.15, -0.1) is 0 Å². The van der Waals surface area contributed by atoms with Gasteiger partial charge in [-0.2, -0.15) is 0 Å². The summed E-state index contributed by atoms with van der Waals surface area (Å²) < 4.78 is 17.4. The van der Waals surface area contributed by atoms with Crippen molar-refractivity contribution in [3.05, 3.63) is 59.9 Å². The number of ether oxygens (including phenoxy) is 2. The lowest BCUT2D eigenvalue weighted by Crippen LogP contribution is -2.55. The number of aryl methyl sites for hydroxylation is 1. The zero-order valence-electron chi connectivity index (χ0n) is 20.8. The fourth-order valence-corrected chi connectivity index (χ4v) is 6.34. The average Bonchev–Trinajstić information content (AvgIpc) is 3.68. The van der Waals surface area contributed by atoms with Crippen LogP contribution in [0.25, 0.3) is 0 Å². The van der Waals surface area contributed by atoms with Gasteiger partial charge in [0.05, 0.1) is 23.5 Å². The van der Waals surface area contributed by atoms with Crippen LogP contribution in [0.15, 0.2) is 53.1 Å². The van der Waals surface area contributed by atoms with E-state index in [0.29, 0.717) is 18.9 Å². The summed E-state index contributed by atoms with van der Waals surface area (Å²) in [7, 11) is 0. The van der Waals surface area contributed by atoms with E-state index in [1.165, 1.54) is 0 Å². The molecular formula is C27H30N4O6. The number of carbonyl (C=O) groups is 3. The minimum Gasteiger partial charge on any atom is -0.376 e. The van der Waals surface area contributed by atoms with Crippen molar-refractivity contribution in [3.63, 3.8) is 0 Å². The molecule has 0 unspecified atom stereocenters. The van der Waals surface area contributed by atoms with Crippen LogP contribution < -0.4 is 10.6 Å². The Morgan fingerprint density at radius 1 is 1.19 bits per heavy atom. The van der Waals surface area contributed by atoms with E-state index in [1.807, 2.05) is 42.5 Å². The summed E-state index contributed by atoms with van der Waals surface area (Å²) in [5.74, 6) is -1.88. The molecule has 6 atom stereocenters. The van der Waals surface area contributed by atoms with Crippen molar-refractivity contribution in [2.75, 3.05) is 18.5 Å². The number of amides is 3. The molecule has 0 radical (unpaired) electrons. The van der Waals surface area contributed by atoms with Crippen LogP contribution in [-0.2, 0) is 30.4 Å². The Morgan fingerprint density at radius 3 is 2.70 bits per heavy atom. The maximum Gasteiger partial charge on any atom is 0.246 e. The zero-order chi connectivity index (χ0) is 25.8. The highest BCUT2D eigenvalue weighted by Crippen LogP contribution is 2.59. The molecule has 1 aromatic heterocycles. The quantitative estimate of drug-likeness (QED) is 0.551. The van der Waals surface area contributed by atoms with Crippen LogP contribution in [-0.4, -0.2) is 64.3 Å². The molecule has 1 spiro atoms. The molecule has 0 aliphatic carbocycles. The van der Waals surface area contributed by atoms with Gasteiger partial charge in [0.15, 0.2) is 5.82 Å². The smallest absolute Gasteiger partial charge is 0.246 e. The number of fused-ring (bicyclic) bond motifs is 1. The first-order valence-electron chi connectivity index (χ1n) is 12.7. The van der Waals surface area contributed by atoms with Gasteiger partial charge in [0.1, 0.15) is 17.4 Å². The molecular weight excluding hydrogens is 476 g/mol. The van der Waals surface area contributed by atoms with Crippen LogP contribution in [0.1, 0.15) is 31.1 Å². The topological polar surface area (TPSA) is 123 Å². The van der Waals surface area contributed by atoms with E-state index in [4.69, 9.17) is 14.0 Å². The second-order valence-corrected chi connectivity index (χ2v) is 10.5. The highest BCUT2D eigenvalue weighted by molar-refractivity contribution is 6.03. The standard InChI is InChI=1S/C27H30N4O6/c1-16-13-19(30-36-16)29-23(32)20-21-25(34)31(15-18-9-6-12-35-18)22(27(21)11-10-26(20,2)37-27)24(33)28-14-17-7-4-3-5-8-17/h3-5,7-8,10-11,13,18,20-22H,6,9,12,14-15H2,1-2H3,(H,28,33)(H,29,30,32)/t18-,20+,21-,22+,26-,27-/m1/s1. The molecule has 37 heavy (non-hydrogen) atoms. The first-order valence-corrected chi connectivity index (χ1v) is 12.7. The van der Waals surface area contributed by atoms with Crippen molar-refractivity contribution < 1.29 is 28.4 Å². The van der Waals surface area contributed by atoms with E-state index in [0.717, 1.165) is 18.4 Å². The third kappa shape index (κ3) is 3.86. The molecule has 10 heteroatoms. The first kappa shape index (κ1) is 23.9. The van der Waals surface area contributed by atoms with Crippen molar-refractivity contribution in [2.45, 2.75) is 56.6 Å². The number of benzene rings is 1. The summed E-state index contributed by atoms with van der Waals surface area (Å²) in [6.07, 6.45) is 5.17. The van der Waals surface area contributed by atoms with Gasteiger partial charge in [0.25, 0.3) is 0 Å². The van der Waals surface area contributed by atoms with Gasteiger partial charge in [0, 0.05) is 25.8 Å². The Balaban J connectivity index is 1.32. The number of anilines is 1. The summed E-state index contributed by atoms with van der Waals surface area (Å²) in [6.45, 7) is 4.72. The van der Waals surface area contributed by atoms with Gasteiger partial charge in [-0.1, -0.05) is 47.6 Å². The first-order chi connectivity index (χ1) is 17.8. The second kappa shape index (κ2) is 8.81. The molecule has 5 heterocycles.